The van der Waals surface area contributed by atoms with Gasteiger partial charge in [0, 0.05) is 5.56 Å². The number of imidazole rings is 1. The van der Waals surface area contributed by atoms with Crippen LogP contribution in [0.1, 0.15) is 18.2 Å². The number of ether oxygens (including phenoxy) is 1. The number of halogens is 2. The molecule has 1 aromatic carbocycles. The zero-order chi connectivity index (χ0) is 14.7. The van der Waals surface area contributed by atoms with Crippen molar-refractivity contribution >= 4 is 12.2 Å². The first kappa shape index (κ1) is 14.0. The van der Waals surface area contributed by atoms with Crippen molar-refractivity contribution in [2.45, 2.75) is 13.8 Å². The summed E-state index contributed by atoms with van der Waals surface area (Å²) in [6, 6.07) is 2.27. The zero-order valence-corrected chi connectivity index (χ0v) is 11.1. The van der Waals surface area contributed by atoms with Gasteiger partial charge in [0.05, 0.1) is 24.7 Å². The Hall–Kier alpha value is -2.44. The van der Waals surface area contributed by atoms with Crippen LogP contribution in [0.2, 0.25) is 0 Å². The summed E-state index contributed by atoms with van der Waals surface area (Å²) in [6.07, 6.45) is 2.90. The third-order valence-electron chi connectivity index (χ3n) is 2.48. The van der Waals surface area contributed by atoms with Crippen molar-refractivity contribution in [2.24, 2.45) is 5.10 Å². The highest BCUT2D eigenvalue weighted by atomic mass is 19.1. The molecular weight excluding hydrogens is 266 g/mol. The number of benzene rings is 1. The first-order chi connectivity index (χ1) is 9.51. The third kappa shape index (κ3) is 2.93. The van der Waals surface area contributed by atoms with E-state index in [4.69, 9.17) is 10.5 Å². The van der Waals surface area contributed by atoms with Gasteiger partial charge in [0.2, 0.25) is 5.95 Å². The topological polar surface area (TPSA) is 65.4 Å². The first-order valence-electron chi connectivity index (χ1n) is 5.99. The fourth-order valence-corrected chi connectivity index (χ4v) is 1.66. The summed E-state index contributed by atoms with van der Waals surface area (Å²) in [4.78, 5) is 3.96. The minimum Gasteiger partial charge on any atom is -0.488 e. The summed E-state index contributed by atoms with van der Waals surface area (Å²) >= 11 is 0. The van der Waals surface area contributed by atoms with Crippen LogP contribution in [0, 0.1) is 18.6 Å². The Balaban J connectivity index is 2.28. The van der Waals surface area contributed by atoms with Crippen LogP contribution in [0.5, 0.6) is 5.75 Å². The number of anilines is 1. The largest absolute Gasteiger partial charge is 0.488 e. The lowest BCUT2D eigenvalue weighted by molar-refractivity contribution is 0.302. The predicted molar refractivity (Wildman–Crippen MR) is 71.9 cm³/mol. The molecule has 0 unspecified atom stereocenters. The van der Waals surface area contributed by atoms with E-state index < -0.39 is 11.6 Å². The van der Waals surface area contributed by atoms with Crippen molar-refractivity contribution in [1.82, 2.24) is 9.66 Å². The predicted octanol–water partition coefficient (Wildman–Crippen LogP) is 2.33. The molecule has 0 bridgehead atoms. The number of nitrogens with zero attached hydrogens (tertiary/aromatic N) is 3. The highest BCUT2D eigenvalue weighted by Gasteiger charge is 2.11. The summed E-state index contributed by atoms with van der Waals surface area (Å²) in [5.74, 6) is -1.74. The summed E-state index contributed by atoms with van der Waals surface area (Å²) in [5.41, 5.74) is 6.56. The molecule has 0 radical (unpaired) electrons. The van der Waals surface area contributed by atoms with Crippen LogP contribution in [0.4, 0.5) is 14.7 Å². The lowest BCUT2D eigenvalue weighted by Gasteiger charge is -2.06. The molecule has 0 aliphatic heterocycles. The molecule has 0 aliphatic rings. The summed E-state index contributed by atoms with van der Waals surface area (Å²) < 4.78 is 33.5. The fraction of sp³-hybridized carbons (Fsp3) is 0.231. The molecular formula is C13H14F2N4O. The molecule has 20 heavy (non-hydrogen) atoms. The van der Waals surface area contributed by atoms with Gasteiger partial charge in [-0.25, -0.2) is 18.4 Å². The Kier molecular flexibility index (Phi) is 3.97. The van der Waals surface area contributed by atoms with E-state index in [0.29, 0.717) is 5.69 Å². The first-order valence-corrected chi connectivity index (χ1v) is 5.99. The second-order valence-corrected chi connectivity index (χ2v) is 4.08. The van der Waals surface area contributed by atoms with E-state index >= 15 is 0 Å². The van der Waals surface area contributed by atoms with Crippen LogP contribution in [-0.4, -0.2) is 22.5 Å². The summed E-state index contributed by atoms with van der Waals surface area (Å²) in [6.45, 7) is 3.60. The molecule has 0 fully saturated rings. The Morgan fingerprint density at radius 1 is 1.40 bits per heavy atom. The molecule has 106 valence electrons. The van der Waals surface area contributed by atoms with Gasteiger partial charge in [0.1, 0.15) is 0 Å². The Morgan fingerprint density at radius 2 is 2.05 bits per heavy atom. The van der Waals surface area contributed by atoms with Crippen molar-refractivity contribution in [3.05, 3.63) is 41.2 Å². The van der Waals surface area contributed by atoms with Crippen LogP contribution < -0.4 is 10.5 Å². The van der Waals surface area contributed by atoms with Crippen molar-refractivity contribution in [2.75, 3.05) is 12.3 Å². The summed E-state index contributed by atoms with van der Waals surface area (Å²) in [7, 11) is 0. The lowest BCUT2D eigenvalue weighted by Crippen LogP contribution is -2.00. The molecule has 0 spiro atoms. The highest BCUT2D eigenvalue weighted by Crippen LogP contribution is 2.22. The van der Waals surface area contributed by atoms with Crippen LogP contribution >= 0.6 is 0 Å². The molecule has 1 aromatic heterocycles. The maximum Gasteiger partial charge on any atom is 0.221 e. The van der Waals surface area contributed by atoms with E-state index in [1.165, 1.54) is 10.9 Å². The number of hydrogen-bond donors (Lipinski definition) is 1. The van der Waals surface area contributed by atoms with E-state index in [0.717, 1.165) is 12.1 Å². The van der Waals surface area contributed by atoms with Crippen LogP contribution in [-0.2, 0) is 0 Å². The Morgan fingerprint density at radius 3 is 2.55 bits per heavy atom. The minimum atomic E-state index is -0.775. The summed E-state index contributed by atoms with van der Waals surface area (Å²) in [5, 5.41) is 3.98. The Labute approximate surface area is 114 Å². The van der Waals surface area contributed by atoms with Crippen LogP contribution in [0.3, 0.4) is 0 Å². The fourth-order valence-electron chi connectivity index (χ4n) is 1.66. The number of nitrogen functional groups attached to an aromatic ring is 1. The SMILES string of the molecule is CCOc1c(F)cc(C=Nn2cc(C)nc2N)cc1F. The monoisotopic (exact) mass is 280 g/mol. The number of aromatic nitrogens is 2. The smallest absolute Gasteiger partial charge is 0.221 e. The maximum absolute atomic E-state index is 13.6. The van der Waals surface area contributed by atoms with E-state index in [2.05, 4.69) is 10.1 Å². The standard InChI is InChI=1S/C13H14F2N4O/c1-3-20-12-10(14)4-9(5-11(12)15)6-17-19-7-8(2)18-13(19)16/h4-7H,3H2,1-2H3,(H2,16,18). The van der Waals surface area contributed by atoms with Crippen molar-refractivity contribution < 1.29 is 13.5 Å². The number of hydrogen-bond acceptors (Lipinski definition) is 4. The van der Waals surface area contributed by atoms with E-state index in [1.54, 1.807) is 20.0 Å². The van der Waals surface area contributed by atoms with Gasteiger partial charge in [-0.15, -0.1) is 0 Å². The molecule has 2 N–H and O–H groups in total. The number of nitrogens with two attached hydrogens (primary N) is 1. The molecule has 0 saturated heterocycles. The molecule has 0 atom stereocenters. The van der Waals surface area contributed by atoms with E-state index in [9.17, 15) is 8.78 Å². The van der Waals surface area contributed by atoms with Crippen molar-refractivity contribution in [1.29, 1.82) is 0 Å². The second kappa shape index (κ2) is 5.68. The van der Waals surface area contributed by atoms with Crippen LogP contribution in [0.15, 0.2) is 23.4 Å². The minimum absolute atomic E-state index is 0.187. The molecule has 7 heteroatoms. The molecule has 0 aliphatic carbocycles. The number of aryl methyl sites for hydroxylation is 1. The lowest BCUT2D eigenvalue weighted by atomic mass is 10.2. The molecule has 0 saturated carbocycles. The van der Waals surface area contributed by atoms with Gasteiger partial charge in [-0.05, 0) is 26.0 Å². The molecule has 0 amide bonds. The average molecular weight is 280 g/mol. The van der Waals surface area contributed by atoms with Crippen molar-refractivity contribution in [3.8, 4) is 5.75 Å². The van der Waals surface area contributed by atoms with Gasteiger partial charge in [-0.2, -0.15) is 5.10 Å². The highest BCUT2D eigenvalue weighted by molar-refractivity contribution is 5.80. The maximum atomic E-state index is 13.6. The third-order valence-corrected chi connectivity index (χ3v) is 2.48. The molecule has 2 aromatic rings. The van der Waals surface area contributed by atoms with Crippen LogP contribution in [0.25, 0.3) is 0 Å². The second-order valence-electron chi connectivity index (χ2n) is 4.08. The molecule has 5 nitrogen and oxygen atoms in total. The molecule has 2 rings (SSSR count). The van der Waals surface area contributed by atoms with Gasteiger partial charge >= 0.3 is 0 Å². The van der Waals surface area contributed by atoms with E-state index in [1.807, 2.05) is 0 Å². The number of rotatable bonds is 4. The van der Waals surface area contributed by atoms with Gasteiger partial charge in [-0.1, -0.05) is 0 Å². The van der Waals surface area contributed by atoms with E-state index in [-0.39, 0.29) is 23.9 Å². The Bertz CT molecular complexity index is 629. The van der Waals surface area contributed by atoms with Crippen molar-refractivity contribution in [3.63, 3.8) is 0 Å². The zero-order valence-electron chi connectivity index (χ0n) is 11.1. The van der Waals surface area contributed by atoms with Gasteiger partial charge in [0.25, 0.3) is 0 Å². The van der Waals surface area contributed by atoms with Gasteiger partial charge < -0.3 is 10.5 Å². The van der Waals surface area contributed by atoms with Gasteiger partial charge in [-0.3, -0.25) is 0 Å². The molecule has 1 heterocycles. The normalized spacial score (nSPS) is 11.2. The average Bonchev–Trinajstić information content (AvgIpc) is 2.70. The quantitative estimate of drug-likeness (QED) is 0.874. The van der Waals surface area contributed by atoms with Gasteiger partial charge in [0.15, 0.2) is 17.4 Å².